The zero-order valence-electron chi connectivity index (χ0n) is 18.6. The maximum Gasteiger partial charge on any atom is 0.258 e. The summed E-state index contributed by atoms with van der Waals surface area (Å²) in [5.41, 5.74) is 3.85. The van der Waals surface area contributed by atoms with Gasteiger partial charge in [0.2, 0.25) is 0 Å². The zero-order valence-corrected chi connectivity index (χ0v) is 21.1. The number of nitrogens with zero attached hydrogens (tertiary/aromatic N) is 4. The van der Waals surface area contributed by atoms with Crippen molar-refractivity contribution in [2.75, 3.05) is 19.6 Å². The highest BCUT2D eigenvalue weighted by atomic mass is 35.5. The third-order valence-electron chi connectivity index (χ3n) is 6.18. The van der Waals surface area contributed by atoms with Crippen LogP contribution in [0.2, 0.25) is 0 Å². The Kier molecular flexibility index (Phi) is 9.03. The fraction of sp³-hybridized carbons (Fsp3) is 0.320. The van der Waals surface area contributed by atoms with E-state index in [1.807, 2.05) is 54.7 Å². The van der Waals surface area contributed by atoms with E-state index in [1.165, 1.54) is 17.3 Å². The molecule has 4 heterocycles. The molecule has 2 aliphatic heterocycles. The summed E-state index contributed by atoms with van der Waals surface area (Å²) in [5, 5.41) is 13.2. The van der Waals surface area contributed by atoms with Gasteiger partial charge in [-0.3, -0.25) is 9.20 Å². The van der Waals surface area contributed by atoms with Crippen molar-refractivity contribution in [2.24, 2.45) is 0 Å². The van der Waals surface area contributed by atoms with Crippen molar-refractivity contribution < 1.29 is 4.79 Å². The highest BCUT2D eigenvalue weighted by molar-refractivity contribution is 8.04. The molecule has 2 aromatic heterocycles. The number of nitrogens with one attached hydrogen (secondary N) is 1. The van der Waals surface area contributed by atoms with E-state index in [4.69, 9.17) is 5.26 Å². The molecule has 6 nitrogen and oxygen atoms in total. The van der Waals surface area contributed by atoms with Crippen LogP contribution in [0.1, 0.15) is 36.1 Å². The van der Waals surface area contributed by atoms with Gasteiger partial charge in [0.25, 0.3) is 5.91 Å². The number of carbonyl (C=O) groups excluding carboxylic acids is 1. The topological polar surface area (TPSA) is 73.4 Å². The Morgan fingerprint density at radius 3 is 2.65 bits per heavy atom. The molecule has 0 saturated carbocycles. The van der Waals surface area contributed by atoms with Gasteiger partial charge in [0.15, 0.2) is 0 Å². The number of likely N-dealkylation sites (tertiary alicyclic amines) is 1. The highest BCUT2D eigenvalue weighted by Gasteiger charge is 2.24. The predicted molar refractivity (Wildman–Crippen MR) is 141 cm³/mol. The molecule has 178 valence electrons. The number of amides is 1. The molecule has 2 aliphatic rings. The highest BCUT2D eigenvalue weighted by Crippen LogP contribution is 2.34. The first-order chi connectivity index (χ1) is 15.7. The normalized spacial score (nSPS) is 15.6. The van der Waals surface area contributed by atoms with Crippen molar-refractivity contribution >= 4 is 54.2 Å². The summed E-state index contributed by atoms with van der Waals surface area (Å²) in [5.74, 6) is 0.0127. The van der Waals surface area contributed by atoms with Crippen LogP contribution in [-0.4, -0.2) is 45.9 Å². The van der Waals surface area contributed by atoms with E-state index in [0.717, 1.165) is 66.6 Å². The second-order valence-corrected chi connectivity index (χ2v) is 9.42. The fourth-order valence-corrected chi connectivity index (χ4v) is 5.40. The van der Waals surface area contributed by atoms with Gasteiger partial charge < -0.3 is 10.2 Å². The van der Waals surface area contributed by atoms with E-state index in [0.29, 0.717) is 5.56 Å². The summed E-state index contributed by atoms with van der Waals surface area (Å²) in [4.78, 5) is 20.5. The molecule has 1 fully saturated rings. The van der Waals surface area contributed by atoms with Gasteiger partial charge in [-0.05, 0) is 68.1 Å². The third-order valence-corrected chi connectivity index (χ3v) is 7.23. The van der Waals surface area contributed by atoms with E-state index in [2.05, 4.69) is 25.7 Å². The van der Waals surface area contributed by atoms with Crippen LogP contribution in [0.5, 0.6) is 0 Å². The van der Waals surface area contributed by atoms with Crippen LogP contribution >= 0.6 is 36.6 Å². The summed E-state index contributed by atoms with van der Waals surface area (Å²) >= 11 is 1.51. The molecule has 1 aromatic carbocycles. The first-order valence-corrected chi connectivity index (χ1v) is 11.9. The summed E-state index contributed by atoms with van der Waals surface area (Å²) in [6.45, 7) is 3.09. The smallest absolute Gasteiger partial charge is 0.258 e. The lowest BCUT2D eigenvalue weighted by Gasteiger charge is -2.32. The molecule has 3 aromatic rings. The summed E-state index contributed by atoms with van der Waals surface area (Å²) in [7, 11) is 0. The molecule has 0 bridgehead atoms. The Morgan fingerprint density at radius 1 is 1.15 bits per heavy atom. The van der Waals surface area contributed by atoms with Gasteiger partial charge in [-0.2, -0.15) is 5.26 Å². The Hall–Kier alpha value is -2.50. The first kappa shape index (κ1) is 26.1. The van der Waals surface area contributed by atoms with Crippen molar-refractivity contribution in [2.45, 2.75) is 36.8 Å². The van der Waals surface area contributed by atoms with Gasteiger partial charge in [0.1, 0.15) is 5.65 Å². The molecule has 0 unspecified atom stereocenters. The van der Waals surface area contributed by atoms with E-state index in [9.17, 15) is 4.79 Å². The SMILES string of the molecule is Cl.Cl.N#Cc1ccc(CCCN2CCC(NC(=O)C3=Cc4cnc5cccc(n45)S3)CC2)cc1. The van der Waals surface area contributed by atoms with Crippen LogP contribution in [0.3, 0.4) is 0 Å². The standard InChI is InChI=1S/C25H25N5OS.2ClH/c26-16-19-8-6-18(7-9-19)3-2-12-29-13-10-20(11-14-29)28-25(31)22-15-21-17-27-23-4-1-5-24(32-22)30(21)23;;/h1,4-9,15,17,20H,2-3,10-14H2,(H,28,31);2*1H. The summed E-state index contributed by atoms with van der Waals surface area (Å²) < 4.78 is 2.08. The molecule has 1 N–H and O–H groups in total. The van der Waals surface area contributed by atoms with Gasteiger partial charge in [0, 0.05) is 19.1 Å². The minimum Gasteiger partial charge on any atom is -0.349 e. The van der Waals surface area contributed by atoms with Crippen molar-refractivity contribution in [1.82, 2.24) is 19.6 Å². The lowest BCUT2D eigenvalue weighted by atomic mass is 10.0. The molecular weight excluding hydrogens is 489 g/mol. The minimum atomic E-state index is 0. The zero-order chi connectivity index (χ0) is 21.9. The van der Waals surface area contributed by atoms with Gasteiger partial charge in [-0.1, -0.05) is 30.0 Å². The number of piperidine rings is 1. The van der Waals surface area contributed by atoms with Gasteiger partial charge in [-0.15, -0.1) is 24.8 Å². The number of hydrogen-bond acceptors (Lipinski definition) is 5. The van der Waals surface area contributed by atoms with Crippen molar-refractivity contribution in [1.29, 1.82) is 5.26 Å². The lowest BCUT2D eigenvalue weighted by molar-refractivity contribution is -0.117. The number of imidazole rings is 1. The van der Waals surface area contributed by atoms with Crippen LogP contribution in [0, 0.1) is 11.3 Å². The number of nitriles is 1. The maximum atomic E-state index is 12.9. The average molecular weight is 516 g/mol. The molecule has 0 aliphatic carbocycles. The molecule has 1 amide bonds. The monoisotopic (exact) mass is 515 g/mol. The summed E-state index contributed by atoms with van der Waals surface area (Å²) in [6.07, 6.45) is 7.85. The minimum absolute atomic E-state index is 0. The Labute approximate surface area is 216 Å². The molecular formula is C25H27Cl2N5OS. The van der Waals surface area contributed by atoms with Crippen LogP contribution in [-0.2, 0) is 11.2 Å². The van der Waals surface area contributed by atoms with E-state index in [1.54, 1.807) is 0 Å². The fourth-order valence-electron chi connectivity index (χ4n) is 4.41. The second kappa shape index (κ2) is 11.8. The number of pyridine rings is 1. The Balaban J connectivity index is 0.00000162. The number of hydrogen-bond donors (Lipinski definition) is 1. The Morgan fingerprint density at radius 2 is 1.91 bits per heavy atom. The summed E-state index contributed by atoms with van der Waals surface area (Å²) in [6, 6.07) is 16.2. The molecule has 0 atom stereocenters. The number of benzene rings is 1. The quantitative estimate of drug-likeness (QED) is 0.514. The molecule has 1 saturated heterocycles. The average Bonchev–Trinajstić information content (AvgIpc) is 3.25. The third kappa shape index (κ3) is 5.76. The molecule has 0 radical (unpaired) electrons. The number of halogens is 2. The predicted octanol–water partition coefficient (Wildman–Crippen LogP) is 4.71. The lowest BCUT2D eigenvalue weighted by Crippen LogP contribution is -2.45. The van der Waals surface area contributed by atoms with Crippen molar-refractivity contribution in [3.8, 4) is 6.07 Å². The first-order valence-electron chi connectivity index (χ1n) is 11.1. The molecule has 9 heteroatoms. The van der Waals surface area contributed by atoms with Gasteiger partial charge in [-0.25, -0.2) is 4.98 Å². The number of aryl methyl sites for hydroxylation is 1. The van der Waals surface area contributed by atoms with E-state index < -0.39 is 0 Å². The number of carbonyl (C=O) groups is 1. The number of rotatable bonds is 6. The maximum absolute atomic E-state index is 12.9. The van der Waals surface area contributed by atoms with Crippen LogP contribution in [0.4, 0.5) is 0 Å². The number of thioether (sulfide) groups is 1. The van der Waals surface area contributed by atoms with Crippen LogP contribution < -0.4 is 5.32 Å². The van der Waals surface area contributed by atoms with Gasteiger partial charge >= 0.3 is 0 Å². The largest absolute Gasteiger partial charge is 0.349 e. The van der Waals surface area contributed by atoms with Crippen molar-refractivity contribution in [3.05, 3.63) is 70.4 Å². The van der Waals surface area contributed by atoms with E-state index in [-0.39, 0.29) is 36.8 Å². The van der Waals surface area contributed by atoms with Crippen molar-refractivity contribution in [3.63, 3.8) is 0 Å². The molecule has 0 spiro atoms. The Bertz CT molecular complexity index is 1210. The van der Waals surface area contributed by atoms with Crippen LogP contribution in [0.15, 0.2) is 58.6 Å². The second-order valence-electron chi connectivity index (χ2n) is 8.35. The van der Waals surface area contributed by atoms with Crippen LogP contribution in [0.25, 0.3) is 11.7 Å². The molecule has 34 heavy (non-hydrogen) atoms. The number of aromatic nitrogens is 2. The molecule has 5 rings (SSSR count). The van der Waals surface area contributed by atoms with E-state index >= 15 is 0 Å². The van der Waals surface area contributed by atoms with Gasteiger partial charge in [0.05, 0.1) is 33.5 Å².